The van der Waals surface area contributed by atoms with E-state index in [1.807, 2.05) is 0 Å². The fourth-order valence-electron chi connectivity index (χ4n) is 3.10. The van der Waals surface area contributed by atoms with Gasteiger partial charge in [0, 0.05) is 5.30 Å². The highest BCUT2D eigenvalue weighted by Crippen LogP contribution is 2.54. The Morgan fingerprint density at radius 1 is 0.750 bits per heavy atom. The van der Waals surface area contributed by atoms with Crippen molar-refractivity contribution < 1.29 is 0 Å². The normalized spacial score (nSPS) is 12.0. The van der Waals surface area contributed by atoms with Crippen molar-refractivity contribution in [1.82, 2.24) is 0 Å². The van der Waals surface area contributed by atoms with Crippen molar-refractivity contribution in [3.05, 3.63) is 53.1 Å². The standard InChI is InChI=1S/C21H27I2P/c1-13(2)16-11-18(14(3)4)21(19(12-16)15(5)6)17-9-7-8-10-20(17)24(22)23/h7-15H,1-6H3. The van der Waals surface area contributed by atoms with Crippen LogP contribution in [0.3, 0.4) is 0 Å². The minimum atomic E-state index is -0.183. The van der Waals surface area contributed by atoms with Crippen LogP contribution in [0.5, 0.6) is 0 Å². The molecule has 2 rings (SSSR count). The highest BCUT2D eigenvalue weighted by molar-refractivity contribution is 14.3. The zero-order valence-corrected chi connectivity index (χ0v) is 20.6. The molecule has 2 aromatic rings. The van der Waals surface area contributed by atoms with Gasteiger partial charge in [-0.15, -0.1) is 0 Å². The smallest absolute Gasteiger partial charge is 0.0561 e. The molecule has 0 aliphatic heterocycles. The van der Waals surface area contributed by atoms with Crippen LogP contribution in [0.4, 0.5) is 0 Å². The Kier molecular flexibility index (Phi) is 7.58. The molecule has 0 radical (unpaired) electrons. The molecule has 24 heavy (non-hydrogen) atoms. The molecule has 0 aliphatic rings. The Morgan fingerprint density at radius 2 is 1.25 bits per heavy atom. The predicted octanol–water partition coefficient (Wildman–Crippen LogP) is 8.53. The van der Waals surface area contributed by atoms with E-state index in [-0.39, 0.29) is 3.21 Å². The van der Waals surface area contributed by atoms with E-state index < -0.39 is 0 Å². The monoisotopic (exact) mass is 564 g/mol. The van der Waals surface area contributed by atoms with Gasteiger partial charge in [-0.05, 0) is 89.7 Å². The summed E-state index contributed by atoms with van der Waals surface area (Å²) in [7, 11) is 0. The first kappa shape index (κ1) is 20.6. The molecule has 130 valence electrons. The number of halogens is 2. The van der Waals surface area contributed by atoms with Crippen molar-refractivity contribution in [2.24, 2.45) is 0 Å². The molecule has 0 spiro atoms. The second-order valence-electron chi connectivity index (χ2n) is 7.29. The molecule has 0 fully saturated rings. The average Bonchev–Trinajstić information content (AvgIpc) is 2.53. The molecule has 3 heteroatoms. The Bertz CT molecular complexity index is 674. The minimum Gasteiger partial charge on any atom is -0.0616 e. The van der Waals surface area contributed by atoms with E-state index in [0.29, 0.717) is 17.8 Å². The van der Waals surface area contributed by atoms with E-state index in [9.17, 15) is 0 Å². The molecule has 0 nitrogen and oxygen atoms in total. The summed E-state index contributed by atoms with van der Waals surface area (Å²) < 4.78 is -0.183. The predicted molar refractivity (Wildman–Crippen MR) is 129 cm³/mol. The van der Waals surface area contributed by atoms with Crippen LogP contribution in [0.1, 0.15) is 76.0 Å². The Labute approximate surface area is 174 Å². The molecule has 0 aromatic heterocycles. The number of hydrogen-bond acceptors (Lipinski definition) is 0. The summed E-state index contributed by atoms with van der Waals surface area (Å²) >= 11 is 5.18. The molecule has 0 aliphatic carbocycles. The minimum absolute atomic E-state index is 0.183. The van der Waals surface area contributed by atoms with Gasteiger partial charge in [-0.2, -0.15) is 0 Å². The largest absolute Gasteiger partial charge is 0.0616 e. The van der Waals surface area contributed by atoms with Crippen molar-refractivity contribution in [1.29, 1.82) is 0 Å². The van der Waals surface area contributed by atoms with Gasteiger partial charge in [-0.25, -0.2) is 0 Å². The van der Waals surface area contributed by atoms with Crippen molar-refractivity contribution in [3.63, 3.8) is 0 Å². The van der Waals surface area contributed by atoms with E-state index in [0.717, 1.165) is 0 Å². The fourth-order valence-corrected chi connectivity index (χ4v) is 6.19. The molecule has 0 saturated heterocycles. The topological polar surface area (TPSA) is 0 Å². The van der Waals surface area contributed by atoms with Gasteiger partial charge in [-0.3, -0.25) is 0 Å². The maximum Gasteiger partial charge on any atom is 0.0561 e. The maximum absolute atomic E-state index is 2.59. The third-order valence-corrected chi connectivity index (χ3v) is 8.36. The molecule has 0 unspecified atom stereocenters. The lowest BCUT2D eigenvalue weighted by atomic mass is 9.82. The zero-order chi connectivity index (χ0) is 18.0. The van der Waals surface area contributed by atoms with Crippen LogP contribution in [0, 0.1) is 0 Å². The van der Waals surface area contributed by atoms with Crippen LogP contribution < -0.4 is 5.30 Å². The van der Waals surface area contributed by atoms with Crippen LogP contribution in [0.2, 0.25) is 0 Å². The summed E-state index contributed by atoms with van der Waals surface area (Å²) in [6, 6.07) is 13.9. The van der Waals surface area contributed by atoms with Crippen LogP contribution in [0.15, 0.2) is 36.4 Å². The van der Waals surface area contributed by atoms with Gasteiger partial charge >= 0.3 is 0 Å². The number of hydrogen-bond donors (Lipinski definition) is 0. The number of rotatable bonds is 5. The van der Waals surface area contributed by atoms with Crippen LogP contribution >= 0.6 is 47.3 Å². The van der Waals surface area contributed by atoms with Gasteiger partial charge in [0.15, 0.2) is 0 Å². The maximum atomic E-state index is 2.59. The van der Waals surface area contributed by atoms with E-state index in [1.165, 1.54) is 33.1 Å². The molecule has 2 aromatic carbocycles. The lowest BCUT2D eigenvalue weighted by Crippen LogP contribution is -2.08. The van der Waals surface area contributed by atoms with E-state index in [4.69, 9.17) is 0 Å². The quantitative estimate of drug-likeness (QED) is 0.252. The van der Waals surface area contributed by atoms with Crippen LogP contribution in [-0.4, -0.2) is 0 Å². The zero-order valence-electron chi connectivity index (χ0n) is 15.4. The SMILES string of the molecule is CC(C)c1cc(C(C)C)c(-c2ccccc2P(I)I)c(C(C)C)c1. The lowest BCUT2D eigenvalue weighted by Gasteiger charge is -2.25. The first-order valence-corrected chi connectivity index (χ1v) is 15.5. The van der Waals surface area contributed by atoms with E-state index >= 15 is 0 Å². The molecule has 0 bridgehead atoms. The van der Waals surface area contributed by atoms with Gasteiger partial charge < -0.3 is 0 Å². The van der Waals surface area contributed by atoms with Gasteiger partial charge in [0.1, 0.15) is 0 Å². The van der Waals surface area contributed by atoms with Crippen LogP contribution in [-0.2, 0) is 0 Å². The Hall–Kier alpha value is 0.330. The molecule has 0 atom stereocenters. The van der Waals surface area contributed by atoms with Gasteiger partial charge in [0.2, 0.25) is 0 Å². The highest BCUT2D eigenvalue weighted by Gasteiger charge is 2.21. The number of benzene rings is 2. The summed E-state index contributed by atoms with van der Waals surface area (Å²) in [6.45, 7) is 13.9. The first-order valence-electron chi connectivity index (χ1n) is 8.62. The highest BCUT2D eigenvalue weighted by atomic mass is 127. The summed E-state index contributed by atoms with van der Waals surface area (Å²) in [4.78, 5) is 0. The molecular weight excluding hydrogens is 537 g/mol. The summed E-state index contributed by atoms with van der Waals surface area (Å²) in [5.41, 5.74) is 7.40. The van der Waals surface area contributed by atoms with Crippen molar-refractivity contribution in [2.45, 2.75) is 59.3 Å². The average molecular weight is 564 g/mol. The third kappa shape index (κ3) is 4.54. The fraction of sp³-hybridized carbons (Fsp3) is 0.429. The van der Waals surface area contributed by atoms with Gasteiger partial charge in [-0.1, -0.05) is 77.9 Å². The first-order chi connectivity index (χ1) is 11.2. The molecule has 0 saturated carbocycles. The van der Waals surface area contributed by atoms with Crippen molar-refractivity contribution >= 4 is 52.6 Å². The van der Waals surface area contributed by atoms with Crippen LogP contribution in [0.25, 0.3) is 11.1 Å². The van der Waals surface area contributed by atoms with Crippen molar-refractivity contribution in [3.8, 4) is 11.1 Å². The molecule has 0 amide bonds. The second kappa shape index (κ2) is 8.81. The summed E-state index contributed by atoms with van der Waals surface area (Å²) in [5, 5.41) is 1.50. The van der Waals surface area contributed by atoms with E-state index in [1.54, 1.807) is 0 Å². The second-order valence-corrected chi connectivity index (χ2v) is 19.6. The lowest BCUT2D eigenvalue weighted by molar-refractivity contribution is 0.808. The Morgan fingerprint density at radius 3 is 1.67 bits per heavy atom. The third-order valence-electron chi connectivity index (χ3n) is 4.49. The summed E-state index contributed by atoms with van der Waals surface area (Å²) in [6.07, 6.45) is 0. The summed E-state index contributed by atoms with van der Waals surface area (Å²) in [5.74, 6) is 1.62. The molecule has 0 N–H and O–H groups in total. The molecular formula is C21H27I2P. The van der Waals surface area contributed by atoms with Gasteiger partial charge in [0.25, 0.3) is 0 Å². The van der Waals surface area contributed by atoms with Crippen molar-refractivity contribution in [2.75, 3.05) is 0 Å². The van der Waals surface area contributed by atoms with Gasteiger partial charge in [0.05, 0.1) is 3.21 Å². The van der Waals surface area contributed by atoms with E-state index in [2.05, 4.69) is 122 Å². The Balaban J connectivity index is 2.86. The molecule has 0 heterocycles.